The third kappa shape index (κ3) is 3.81. The molecular formula is C20H16ClF3N4O2S. The quantitative estimate of drug-likeness (QED) is 0.427. The molecule has 0 aliphatic rings. The molecule has 0 aliphatic heterocycles. The van der Waals surface area contributed by atoms with E-state index in [-0.39, 0.29) is 22.1 Å². The zero-order valence-corrected chi connectivity index (χ0v) is 17.9. The van der Waals surface area contributed by atoms with Gasteiger partial charge in [0.25, 0.3) is 0 Å². The van der Waals surface area contributed by atoms with E-state index < -0.39 is 21.6 Å². The zero-order valence-electron chi connectivity index (χ0n) is 16.4. The summed E-state index contributed by atoms with van der Waals surface area (Å²) < 4.78 is 67.5. The first kappa shape index (κ1) is 21.4. The molecule has 11 heteroatoms. The number of sulfone groups is 1. The number of imidazole rings is 1. The molecule has 2 aromatic heterocycles. The third-order valence-electron chi connectivity index (χ3n) is 4.85. The van der Waals surface area contributed by atoms with Crippen molar-refractivity contribution in [2.75, 3.05) is 5.75 Å². The highest BCUT2D eigenvalue weighted by Gasteiger charge is 2.31. The van der Waals surface area contributed by atoms with Crippen LogP contribution in [0.5, 0.6) is 0 Å². The van der Waals surface area contributed by atoms with Crippen molar-refractivity contribution in [2.24, 2.45) is 7.05 Å². The van der Waals surface area contributed by atoms with E-state index in [9.17, 15) is 21.6 Å². The molecule has 0 saturated carbocycles. The minimum atomic E-state index is -4.51. The Labute approximate surface area is 180 Å². The van der Waals surface area contributed by atoms with Gasteiger partial charge in [0.2, 0.25) is 0 Å². The van der Waals surface area contributed by atoms with Gasteiger partial charge in [0, 0.05) is 29.2 Å². The van der Waals surface area contributed by atoms with E-state index in [1.165, 1.54) is 28.4 Å². The minimum Gasteiger partial charge on any atom is -0.316 e. The fourth-order valence-electron chi connectivity index (χ4n) is 3.26. The molecule has 0 saturated heterocycles. The van der Waals surface area contributed by atoms with Gasteiger partial charge in [0.05, 0.1) is 16.8 Å². The lowest BCUT2D eigenvalue weighted by atomic mass is 10.1. The van der Waals surface area contributed by atoms with E-state index >= 15 is 0 Å². The molecule has 0 N–H and O–H groups in total. The highest BCUT2D eigenvalue weighted by atomic mass is 35.5. The summed E-state index contributed by atoms with van der Waals surface area (Å²) in [5.41, 5.74) is -0.135. The van der Waals surface area contributed by atoms with Crippen LogP contribution in [0.25, 0.3) is 28.1 Å². The Bertz CT molecular complexity index is 1390. The van der Waals surface area contributed by atoms with Crippen LogP contribution in [0.2, 0.25) is 5.02 Å². The van der Waals surface area contributed by atoms with E-state index in [0.717, 1.165) is 12.1 Å². The second-order valence-electron chi connectivity index (χ2n) is 6.88. The Morgan fingerprint density at radius 1 is 1.10 bits per heavy atom. The molecule has 0 fully saturated rings. The zero-order chi connectivity index (χ0) is 22.6. The maximum absolute atomic E-state index is 13.0. The monoisotopic (exact) mass is 468 g/mol. The van der Waals surface area contributed by atoms with Crippen LogP contribution in [-0.4, -0.2) is 33.5 Å². The summed E-state index contributed by atoms with van der Waals surface area (Å²) in [4.78, 5) is 4.48. The topological polar surface area (TPSA) is 69.8 Å². The summed E-state index contributed by atoms with van der Waals surface area (Å²) >= 11 is 5.94. The predicted octanol–water partition coefficient (Wildman–Crippen LogP) is 4.89. The van der Waals surface area contributed by atoms with Crippen molar-refractivity contribution < 1.29 is 21.6 Å². The predicted molar refractivity (Wildman–Crippen MR) is 111 cm³/mol. The second-order valence-corrected chi connectivity index (χ2v) is 9.51. The van der Waals surface area contributed by atoms with Gasteiger partial charge >= 0.3 is 6.18 Å². The molecule has 2 heterocycles. The van der Waals surface area contributed by atoms with E-state index in [2.05, 4.69) is 10.1 Å². The average molecular weight is 469 g/mol. The molecule has 0 spiro atoms. The summed E-state index contributed by atoms with van der Waals surface area (Å²) in [7, 11) is -2.17. The molecule has 4 rings (SSSR count). The van der Waals surface area contributed by atoms with Crippen molar-refractivity contribution in [3.05, 3.63) is 59.2 Å². The van der Waals surface area contributed by atoms with Gasteiger partial charge in [-0.15, -0.1) is 0 Å². The van der Waals surface area contributed by atoms with E-state index in [1.807, 2.05) is 0 Å². The van der Waals surface area contributed by atoms with Crippen LogP contribution in [0.15, 0.2) is 53.7 Å². The highest BCUT2D eigenvalue weighted by molar-refractivity contribution is 7.91. The fourth-order valence-corrected chi connectivity index (χ4v) is 4.58. The second kappa shape index (κ2) is 7.38. The van der Waals surface area contributed by atoms with Crippen molar-refractivity contribution in [1.29, 1.82) is 0 Å². The number of aromatic nitrogens is 4. The van der Waals surface area contributed by atoms with E-state index in [4.69, 9.17) is 11.6 Å². The molecule has 2 aromatic carbocycles. The lowest BCUT2D eigenvalue weighted by Crippen LogP contribution is -2.13. The van der Waals surface area contributed by atoms with E-state index in [1.54, 1.807) is 31.3 Å². The van der Waals surface area contributed by atoms with Gasteiger partial charge in [-0.2, -0.15) is 18.3 Å². The molecular weight excluding hydrogens is 453 g/mol. The van der Waals surface area contributed by atoms with Gasteiger partial charge in [-0.1, -0.05) is 24.6 Å². The van der Waals surface area contributed by atoms with Crippen molar-refractivity contribution >= 4 is 32.3 Å². The van der Waals surface area contributed by atoms with Gasteiger partial charge in [-0.25, -0.2) is 18.1 Å². The first-order chi connectivity index (χ1) is 14.5. The first-order valence-corrected chi connectivity index (χ1v) is 11.2. The Morgan fingerprint density at radius 2 is 1.77 bits per heavy atom. The molecule has 31 heavy (non-hydrogen) atoms. The third-order valence-corrected chi connectivity index (χ3v) is 6.91. The summed E-state index contributed by atoms with van der Waals surface area (Å²) in [5, 5.41) is 5.04. The lowest BCUT2D eigenvalue weighted by Gasteiger charge is -2.07. The van der Waals surface area contributed by atoms with Crippen molar-refractivity contribution in [1.82, 2.24) is 19.3 Å². The number of nitrogens with zero attached hydrogens (tertiary/aromatic N) is 4. The fraction of sp³-hybridized carbons (Fsp3) is 0.200. The molecule has 162 valence electrons. The SMILES string of the molecule is CCS(=O)(=O)c1c(-n2cc3ccc(C(F)(F)F)cc3n2)nc(-c2ccc(Cl)cc2)n1C. The average Bonchev–Trinajstić information content (AvgIpc) is 3.28. The number of alkyl halides is 3. The Kier molecular flexibility index (Phi) is 5.09. The first-order valence-electron chi connectivity index (χ1n) is 9.13. The van der Waals surface area contributed by atoms with Gasteiger partial charge in [-0.05, 0) is 36.4 Å². The standard InChI is InChI=1S/C20H16ClF3N4O2S/c1-3-31(29,30)19-18(25-17(27(19)2)12-5-8-15(21)9-6-12)28-11-13-4-7-14(20(22,23)24)10-16(13)26-28/h4-11H,3H2,1-2H3. The molecule has 6 nitrogen and oxygen atoms in total. The maximum atomic E-state index is 13.0. The summed E-state index contributed by atoms with van der Waals surface area (Å²) in [5.74, 6) is 0.187. The van der Waals surface area contributed by atoms with Crippen LogP contribution < -0.4 is 0 Å². The molecule has 4 aromatic rings. The van der Waals surface area contributed by atoms with Crippen molar-refractivity contribution in [3.63, 3.8) is 0 Å². The van der Waals surface area contributed by atoms with Crippen molar-refractivity contribution in [2.45, 2.75) is 18.1 Å². The van der Waals surface area contributed by atoms with Crippen LogP contribution in [-0.2, 0) is 23.1 Å². The number of benzene rings is 2. The van der Waals surface area contributed by atoms with Gasteiger partial charge in [0.15, 0.2) is 20.7 Å². The number of hydrogen-bond acceptors (Lipinski definition) is 4. The van der Waals surface area contributed by atoms with Crippen LogP contribution in [0.3, 0.4) is 0 Å². The summed E-state index contributed by atoms with van der Waals surface area (Å²) in [6.45, 7) is 1.50. The molecule has 0 unspecified atom stereocenters. The van der Waals surface area contributed by atoms with Crippen LogP contribution >= 0.6 is 11.6 Å². The number of rotatable bonds is 4. The summed E-state index contributed by atoms with van der Waals surface area (Å²) in [6, 6.07) is 9.87. The number of hydrogen-bond donors (Lipinski definition) is 0. The molecule has 0 bridgehead atoms. The van der Waals surface area contributed by atoms with Crippen LogP contribution in [0.1, 0.15) is 12.5 Å². The van der Waals surface area contributed by atoms with Crippen LogP contribution in [0, 0.1) is 0 Å². The highest BCUT2D eigenvalue weighted by Crippen LogP contribution is 2.33. The lowest BCUT2D eigenvalue weighted by molar-refractivity contribution is -0.137. The van der Waals surface area contributed by atoms with Gasteiger partial charge < -0.3 is 4.57 Å². The Hall–Kier alpha value is -2.85. The largest absolute Gasteiger partial charge is 0.416 e. The molecule has 0 amide bonds. The van der Waals surface area contributed by atoms with Crippen molar-refractivity contribution in [3.8, 4) is 17.2 Å². The van der Waals surface area contributed by atoms with Gasteiger partial charge in [-0.3, -0.25) is 0 Å². The number of halogens is 4. The van der Waals surface area contributed by atoms with Crippen LogP contribution in [0.4, 0.5) is 13.2 Å². The Morgan fingerprint density at radius 3 is 2.39 bits per heavy atom. The normalized spacial score (nSPS) is 12.6. The smallest absolute Gasteiger partial charge is 0.316 e. The maximum Gasteiger partial charge on any atom is 0.416 e. The summed E-state index contributed by atoms with van der Waals surface area (Å²) in [6.07, 6.45) is -3.06. The van der Waals surface area contributed by atoms with E-state index in [0.29, 0.717) is 21.8 Å². The molecule has 0 aliphatic carbocycles. The minimum absolute atomic E-state index is 0.0130. The van der Waals surface area contributed by atoms with Gasteiger partial charge in [0.1, 0.15) is 5.82 Å². The Balaban J connectivity index is 1.95. The molecule has 0 radical (unpaired) electrons. The molecule has 0 atom stereocenters. The number of fused-ring (bicyclic) bond motifs is 1.